The third kappa shape index (κ3) is 3.45. The smallest absolute Gasteiger partial charge is 0.345 e. The van der Waals surface area contributed by atoms with Crippen LogP contribution >= 0.6 is 11.3 Å². The second-order valence-corrected chi connectivity index (χ2v) is 4.71. The zero-order valence-corrected chi connectivity index (χ0v) is 9.63. The van der Waals surface area contributed by atoms with Crippen LogP contribution in [0.15, 0.2) is 6.20 Å². The van der Waals surface area contributed by atoms with Gasteiger partial charge in [-0.3, -0.25) is 10.1 Å². The van der Waals surface area contributed by atoms with Gasteiger partial charge in [-0.2, -0.15) is 0 Å². The first-order valence-corrected chi connectivity index (χ1v) is 5.13. The quantitative estimate of drug-likeness (QED) is 0.618. The number of nitrogens with zero attached hydrogens (tertiary/aromatic N) is 2. The molecule has 15 heavy (non-hydrogen) atoms. The molecule has 0 radical (unpaired) electrons. The fraction of sp³-hybridized carbons (Fsp3) is 0.625. The second-order valence-electron chi connectivity index (χ2n) is 3.70. The molecule has 0 spiro atoms. The fourth-order valence-electron chi connectivity index (χ4n) is 1.09. The van der Waals surface area contributed by atoms with Crippen molar-refractivity contribution in [3.8, 4) is 0 Å². The lowest BCUT2D eigenvalue weighted by molar-refractivity contribution is -0.380. The van der Waals surface area contributed by atoms with E-state index in [0.29, 0.717) is 11.7 Å². The zero-order valence-electron chi connectivity index (χ0n) is 8.81. The van der Waals surface area contributed by atoms with Crippen LogP contribution in [0.4, 0.5) is 10.1 Å². The SMILES string of the molecule is COCC(C)(C)Nc1ncc([N+](=O)[O-])s1. The number of nitro groups is 1. The molecule has 0 aliphatic rings. The number of nitrogens with one attached hydrogen (secondary N) is 1. The molecule has 1 N–H and O–H groups in total. The molecular formula is C8H13N3O3S. The van der Waals surface area contributed by atoms with Crippen LogP contribution in [-0.4, -0.2) is 29.2 Å². The summed E-state index contributed by atoms with van der Waals surface area (Å²) in [6.45, 7) is 4.37. The maximum Gasteiger partial charge on any atom is 0.345 e. The molecule has 0 saturated heterocycles. The normalized spacial score (nSPS) is 11.4. The van der Waals surface area contributed by atoms with Gasteiger partial charge in [-0.05, 0) is 25.2 Å². The molecule has 0 aliphatic heterocycles. The number of ether oxygens (including phenoxy) is 1. The Morgan fingerprint density at radius 3 is 2.87 bits per heavy atom. The summed E-state index contributed by atoms with van der Waals surface area (Å²) in [6, 6.07) is 0. The molecule has 1 aromatic rings. The van der Waals surface area contributed by atoms with Gasteiger partial charge in [-0.15, -0.1) is 0 Å². The van der Waals surface area contributed by atoms with E-state index in [2.05, 4.69) is 10.3 Å². The lowest BCUT2D eigenvalue weighted by Gasteiger charge is -2.24. The van der Waals surface area contributed by atoms with Gasteiger partial charge in [0.25, 0.3) is 0 Å². The highest BCUT2D eigenvalue weighted by Crippen LogP contribution is 2.27. The minimum atomic E-state index is -0.452. The third-order valence-corrected chi connectivity index (χ3v) is 2.49. The number of anilines is 1. The van der Waals surface area contributed by atoms with Crippen molar-refractivity contribution in [2.75, 3.05) is 19.0 Å². The molecule has 0 unspecified atom stereocenters. The van der Waals surface area contributed by atoms with Crippen molar-refractivity contribution >= 4 is 21.5 Å². The third-order valence-electron chi connectivity index (χ3n) is 1.62. The first kappa shape index (κ1) is 11.9. The minimum Gasteiger partial charge on any atom is -0.382 e. The molecule has 84 valence electrons. The van der Waals surface area contributed by atoms with Crippen molar-refractivity contribution in [2.24, 2.45) is 0 Å². The van der Waals surface area contributed by atoms with Crippen LogP contribution in [0.1, 0.15) is 13.8 Å². The molecule has 0 aliphatic carbocycles. The van der Waals surface area contributed by atoms with Gasteiger partial charge in [0.15, 0.2) is 5.13 Å². The van der Waals surface area contributed by atoms with Crippen LogP contribution in [-0.2, 0) is 4.74 Å². The Bertz CT molecular complexity index is 351. The lowest BCUT2D eigenvalue weighted by atomic mass is 10.1. The minimum absolute atomic E-state index is 0.0331. The number of hydrogen-bond acceptors (Lipinski definition) is 6. The highest BCUT2D eigenvalue weighted by atomic mass is 32.1. The number of methoxy groups -OCH3 is 1. The molecular weight excluding hydrogens is 218 g/mol. The van der Waals surface area contributed by atoms with Crippen molar-refractivity contribution in [1.29, 1.82) is 0 Å². The molecule has 1 heterocycles. The first-order valence-electron chi connectivity index (χ1n) is 4.32. The predicted molar refractivity (Wildman–Crippen MR) is 58.3 cm³/mol. The summed E-state index contributed by atoms with van der Waals surface area (Å²) in [5, 5.41) is 14.1. The number of thiazole rings is 1. The molecule has 0 amide bonds. The van der Waals surface area contributed by atoms with Crippen molar-refractivity contribution in [3.05, 3.63) is 16.3 Å². The largest absolute Gasteiger partial charge is 0.382 e. The van der Waals surface area contributed by atoms with Crippen LogP contribution < -0.4 is 5.32 Å². The standard InChI is InChI=1S/C8H13N3O3S/c1-8(2,5-14-3)10-7-9-4-6(15-7)11(12)13/h4H,5H2,1-3H3,(H,9,10). The van der Waals surface area contributed by atoms with E-state index in [0.717, 1.165) is 11.3 Å². The van der Waals surface area contributed by atoms with E-state index in [4.69, 9.17) is 4.74 Å². The molecule has 1 rings (SSSR count). The fourth-order valence-corrected chi connectivity index (χ4v) is 1.90. The van der Waals surface area contributed by atoms with Crippen LogP contribution in [0.3, 0.4) is 0 Å². The van der Waals surface area contributed by atoms with Crippen molar-refractivity contribution in [3.63, 3.8) is 0 Å². The molecule has 0 fully saturated rings. The topological polar surface area (TPSA) is 77.3 Å². The molecule has 6 nitrogen and oxygen atoms in total. The summed E-state index contributed by atoms with van der Waals surface area (Å²) >= 11 is 1.02. The molecule has 0 bridgehead atoms. The van der Waals surface area contributed by atoms with Crippen LogP contribution in [0.25, 0.3) is 0 Å². The van der Waals surface area contributed by atoms with Crippen LogP contribution in [0, 0.1) is 10.1 Å². The Balaban J connectivity index is 2.68. The maximum atomic E-state index is 10.4. The molecule has 0 saturated carbocycles. The van der Waals surface area contributed by atoms with E-state index in [1.54, 1.807) is 7.11 Å². The molecule has 7 heteroatoms. The van der Waals surface area contributed by atoms with E-state index in [1.165, 1.54) is 6.20 Å². The summed E-state index contributed by atoms with van der Waals surface area (Å²) in [6.07, 6.45) is 1.25. The van der Waals surface area contributed by atoms with Gasteiger partial charge in [0.05, 0.1) is 17.1 Å². The highest BCUT2D eigenvalue weighted by molar-refractivity contribution is 7.18. The highest BCUT2D eigenvalue weighted by Gasteiger charge is 2.20. The van der Waals surface area contributed by atoms with E-state index >= 15 is 0 Å². The average Bonchev–Trinajstić information content (AvgIpc) is 2.51. The summed E-state index contributed by atoms with van der Waals surface area (Å²) < 4.78 is 5.01. The van der Waals surface area contributed by atoms with Crippen molar-refractivity contribution < 1.29 is 9.66 Å². The Labute approximate surface area is 91.4 Å². The molecule has 1 aromatic heterocycles. The Morgan fingerprint density at radius 1 is 1.73 bits per heavy atom. The Kier molecular flexibility index (Phi) is 3.59. The number of hydrogen-bond donors (Lipinski definition) is 1. The van der Waals surface area contributed by atoms with E-state index < -0.39 is 4.92 Å². The summed E-state index contributed by atoms with van der Waals surface area (Å²) in [5.74, 6) is 0. The van der Waals surface area contributed by atoms with Crippen LogP contribution in [0.2, 0.25) is 0 Å². The Morgan fingerprint density at radius 2 is 2.40 bits per heavy atom. The van der Waals surface area contributed by atoms with Crippen molar-refractivity contribution in [1.82, 2.24) is 4.98 Å². The lowest BCUT2D eigenvalue weighted by Crippen LogP contribution is -2.35. The maximum absolute atomic E-state index is 10.4. The van der Waals surface area contributed by atoms with Crippen molar-refractivity contribution in [2.45, 2.75) is 19.4 Å². The van der Waals surface area contributed by atoms with Gasteiger partial charge in [0.2, 0.25) is 0 Å². The number of rotatable bonds is 5. The van der Waals surface area contributed by atoms with Gasteiger partial charge in [0, 0.05) is 7.11 Å². The summed E-state index contributed by atoms with van der Waals surface area (Å²) in [7, 11) is 1.60. The monoisotopic (exact) mass is 231 g/mol. The molecule has 0 atom stereocenters. The molecule has 0 aromatic carbocycles. The predicted octanol–water partition coefficient (Wildman–Crippen LogP) is 1.89. The number of aromatic nitrogens is 1. The average molecular weight is 231 g/mol. The van der Waals surface area contributed by atoms with E-state index in [1.807, 2.05) is 13.8 Å². The van der Waals surface area contributed by atoms with E-state index in [-0.39, 0.29) is 10.5 Å². The summed E-state index contributed by atoms with van der Waals surface area (Å²) in [5.41, 5.74) is -0.291. The van der Waals surface area contributed by atoms with Crippen LogP contribution in [0.5, 0.6) is 0 Å². The van der Waals surface area contributed by atoms with Gasteiger partial charge in [0.1, 0.15) is 6.20 Å². The van der Waals surface area contributed by atoms with Gasteiger partial charge < -0.3 is 10.1 Å². The zero-order chi connectivity index (χ0) is 11.5. The van der Waals surface area contributed by atoms with Gasteiger partial charge >= 0.3 is 5.00 Å². The summed E-state index contributed by atoms with van der Waals surface area (Å²) in [4.78, 5) is 13.9. The first-order chi connectivity index (χ1) is 6.94. The Hall–Kier alpha value is -1.21. The van der Waals surface area contributed by atoms with Gasteiger partial charge in [-0.1, -0.05) is 0 Å². The second kappa shape index (κ2) is 4.54. The van der Waals surface area contributed by atoms with Gasteiger partial charge in [-0.25, -0.2) is 4.98 Å². The van der Waals surface area contributed by atoms with E-state index in [9.17, 15) is 10.1 Å².